The number of aromatic nitrogens is 1. The molecule has 0 radical (unpaired) electrons. The lowest BCUT2D eigenvalue weighted by atomic mass is 10.4. The maximum absolute atomic E-state index is 10.8. The Labute approximate surface area is 70.4 Å². The monoisotopic (exact) mass is 165 g/mol. The Kier molecular flexibility index (Phi) is 1.86. The highest BCUT2D eigenvalue weighted by Gasteiger charge is 2.21. The first-order valence-corrected chi connectivity index (χ1v) is 4.16. The molecule has 12 heavy (non-hydrogen) atoms. The molecule has 0 amide bonds. The van der Waals surface area contributed by atoms with E-state index in [0.29, 0.717) is 5.75 Å². The van der Waals surface area contributed by atoms with Gasteiger partial charge < -0.3 is 9.72 Å². The molecule has 1 fully saturated rings. The van der Waals surface area contributed by atoms with Gasteiger partial charge in [0, 0.05) is 12.3 Å². The quantitative estimate of drug-likeness (QED) is 0.730. The van der Waals surface area contributed by atoms with E-state index in [1.54, 1.807) is 12.3 Å². The molecular formula is C9H11NO2. The van der Waals surface area contributed by atoms with Gasteiger partial charge in [-0.05, 0) is 24.8 Å². The lowest BCUT2D eigenvalue weighted by Gasteiger charge is -2.02. The zero-order chi connectivity index (χ0) is 8.39. The van der Waals surface area contributed by atoms with Crippen LogP contribution >= 0.6 is 0 Å². The summed E-state index contributed by atoms with van der Waals surface area (Å²) >= 11 is 0. The molecule has 3 nitrogen and oxygen atoms in total. The van der Waals surface area contributed by atoms with Crippen molar-refractivity contribution in [1.29, 1.82) is 0 Å². The van der Waals surface area contributed by atoms with Crippen LogP contribution in [0.2, 0.25) is 0 Å². The molecule has 0 aromatic carbocycles. The maximum atomic E-state index is 10.8. The van der Waals surface area contributed by atoms with Gasteiger partial charge in [0.1, 0.15) is 5.75 Å². The molecule has 0 saturated heterocycles. The molecule has 0 atom stereocenters. The van der Waals surface area contributed by atoms with E-state index in [0.717, 1.165) is 12.5 Å². The predicted molar refractivity (Wildman–Crippen MR) is 45.3 cm³/mol. The number of aromatic amines is 1. The lowest BCUT2D eigenvalue weighted by molar-refractivity contribution is 0.299. The fraction of sp³-hybridized carbons (Fsp3) is 0.444. The standard InChI is InChI=1S/C9H11NO2/c11-9-5-8(3-4-10-9)12-6-7-1-2-7/h3-5,7H,1-2,6H2,(H,10,11). The first-order valence-electron chi connectivity index (χ1n) is 4.16. The van der Waals surface area contributed by atoms with E-state index in [9.17, 15) is 4.79 Å². The predicted octanol–water partition coefficient (Wildman–Crippen LogP) is 1.16. The SMILES string of the molecule is O=c1cc(OCC2CC2)cc[nH]1. The van der Waals surface area contributed by atoms with Crippen LogP contribution in [-0.4, -0.2) is 11.6 Å². The largest absolute Gasteiger partial charge is 0.493 e. The second-order valence-electron chi connectivity index (χ2n) is 3.14. The van der Waals surface area contributed by atoms with E-state index in [1.807, 2.05) is 0 Å². The van der Waals surface area contributed by atoms with E-state index in [1.165, 1.54) is 18.9 Å². The van der Waals surface area contributed by atoms with E-state index >= 15 is 0 Å². The Bertz CT molecular complexity index is 314. The van der Waals surface area contributed by atoms with E-state index < -0.39 is 0 Å². The summed E-state index contributed by atoms with van der Waals surface area (Å²) in [6.45, 7) is 0.753. The van der Waals surface area contributed by atoms with Crippen LogP contribution in [0, 0.1) is 5.92 Å². The van der Waals surface area contributed by atoms with Crippen molar-refractivity contribution in [2.75, 3.05) is 6.61 Å². The topological polar surface area (TPSA) is 42.1 Å². The molecular weight excluding hydrogens is 154 g/mol. The highest BCUT2D eigenvalue weighted by molar-refractivity contribution is 5.16. The molecule has 3 heteroatoms. The summed E-state index contributed by atoms with van der Waals surface area (Å²) < 4.78 is 5.39. The van der Waals surface area contributed by atoms with Crippen LogP contribution in [0.25, 0.3) is 0 Å². The van der Waals surface area contributed by atoms with Gasteiger partial charge in [0.25, 0.3) is 5.56 Å². The fourth-order valence-corrected chi connectivity index (χ4v) is 1.01. The maximum Gasteiger partial charge on any atom is 0.251 e. The third-order valence-electron chi connectivity index (χ3n) is 1.93. The second-order valence-corrected chi connectivity index (χ2v) is 3.14. The summed E-state index contributed by atoms with van der Waals surface area (Å²) in [6, 6.07) is 3.24. The Balaban J connectivity index is 1.97. The Hall–Kier alpha value is -1.25. The van der Waals surface area contributed by atoms with Crippen LogP contribution in [0.1, 0.15) is 12.8 Å². The normalized spacial score (nSPS) is 16.0. The van der Waals surface area contributed by atoms with Crippen LogP contribution < -0.4 is 10.3 Å². The van der Waals surface area contributed by atoms with Gasteiger partial charge >= 0.3 is 0 Å². The van der Waals surface area contributed by atoms with Gasteiger partial charge in [-0.2, -0.15) is 0 Å². The molecule has 0 spiro atoms. The molecule has 1 heterocycles. The van der Waals surface area contributed by atoms with E-state index in [-0.39, 0.29) is 5.56 Å². The molecule has 0 aliphatic heterocycles. The molecule has 1 aliphatic carbocycles. The number of hydrogen-bond acceptors (Lipinski definition) is 2. The minimum absolute atomic E-state index is 0.108. The van der Waals surface area contributed by atoms with Gasteiger partial charge in [-0.3, -0.25) is 4.79 Å². The van der Waals surface area contributed by atoms with Crippen LogP contribution in [0.5, 0.6) is 5.75 Å². The summed E-state index contributed by atoms with van der Waals surface area (Å²) in [5, 5.41) is 0. The summed E-state index contributed by atoms with van der Waals surface area (Å²) in [5.74, 6) is 1.40. The van der Waals surface area contributed by atoms with Crippen molar-refractivity contribution < 1.29 is 4.74 Å². The summed E-state index contributed by atoms with van der Waals surface area (Å²) in [6.07, 6.45) is 4.14. The summed E-state index contributed by atoms with van der Waals surface area (Å²) in [5.41, 5.74) is -0.108. The van der Waals surface area contributed by atoms with Crippen molar-refractivity contribution in [3.05, 3.63) is 28.7 Å². The molecule has 64 valence electrons. The molecule has 1 aromatic heterocycles. The Morgan fingerprint density at radius 3 is 3.08 bits per heavy atom. The highest BCUT2D eigenvalue weighted by Crippen LogP contribution is 2.29. The van der Waals surface area contributed by atoms with Gasteiger partial charge in [0.05, 0.1) is 6.61 Å². The summed E-state index contributed by atoms with van der Waals surface area (Å²) in [4.78, 5) is 13.4. The first kappa shape index (κ1) is 7.40. The number of ether oxygens (including phenoxy) is 1. The van der Waals surface area contributed by atoms with Crippen molar-refractivity contribution in [2.45, 2.75) is 12.8 Å². The smallest absolute Gasteiger partial charge is 0.251 e. The first-order chi connectivity index (χ1) is 5.84. The average molecular weight is 165 g/mol. The van der Waals surface area contributed by atoms with Crippen molar-refractivity contribution in [3.8, 4) is 5.75 Å². The van der Waals surface area contributed by atoms with Crippen LogP contribution in [0.15, 0.2) is 23.1 Å². The van der Waals surface area contributed by atoms with Gasteiger partial charge in [-0.15, -0.1) is 0 Å². The number of pyridine rings is 1. The lowest BCUT2D eigenvalue weighted by Crippen LogP contribution is -2.05. The van der Waals surface area contributed by atoms with Gasteiger partial charge in [-0.1, -0.05) is 0 Å². The molecule has 1 saturated carbocycles. The number of rotatable bonds is 3. The van der Waals surface area contributed by atoms with Crippen LogP contribution in [-0.2, 0) is 0 Å². The van der Waals surface area contributed by atoms with Gasteiger partial charge in [0.2, 0.25) is 0 Å². The third kappa shape index (κ3) is 1.87. The van der Waals surface area contributed by atoms with Crippen LogP contribution in [0.3, 0.4) is 0 Å². The van der Waals surface area contributed by atoms with Crippen molar-refractivity contribution in [1.82, 2.24) is 4.98 Å². The number of nitrogens with one attached hydrogen (secondary N) is 1. The Morgan fingerprint density at radius 1 is 1.58 bits per heavy atom. The molecule has 0 bridgehead atoms. The highest BCUT2D eigenvalue weighted by atomic mass is 16.5. The van der Waals surface area contributed by atoms with Crippen LogP contribution in [0.4, 0.5) is 0 Å². The number of H-pyrrole nitrogens is 1. The fourth-order valence-electron chi connectivity index (χ4n) is 1.01. The minimum atomic E-state index is -0.108. The van der Waals surface area contributed by atoms with Gasteiger partial charge in [-0.25, -0.2) is 0 Å². The zero-order valence-corrected chi connectivity index (χ0v) is 6.75. The molecule has 0 unspecified atom stereocenters. The number of hydrogen-bond donors (Lipinski definition) is 1. The van der Waals surface area contributed by atoms with E-state index in [4.69, 9.17) is 4.74 Å². The van der Waals surface area contributed by atoms with Crippen molar-refractivity contribution in [2.24, 2.45) is 5.92 Å². The average Bonchev–Trinajstić information content (AvgIpc) is 2.84. The van der Waals surface area contributed by atoms with E-state index in [2.05, 4.69) is 4.98 Å². The van der Waals surface area contributed by atoms with Crippen molar-refractivity contribution >= 4 is 0 Å². The Morgan fingerprint density at radius 2 is 2.42 bits per heavy atom. The second kappa shape index (κ2) is 3.01. The zero-order valence-electron chi connectivity index (χ0n) is 6.75. The molecule has 1 aliphatic rings. The third-order valence-corrected chi connectivity index (χ3v) is 1.93. The molecule has 2 rings (SSSR count). The van der Waals surface area contributed by atoms with Gasteiger partial charge in [0.15, 0.2) is 0 Å². The minimum Gasteiger partial charge on any atom is -0.493 e. The molecule has 1 N–H and O–H groups in total. The van der Waals surface area contributed by atoms with Crippen molar-refractivity contribution in [3.63, 3.8) is 0 Å². The molecule has 1 aromatic rings. The summed E-state index contributed by atoms with van der Waals surface area (Å²) in [7, 11) is 0.